The molecule has 1 rings (SSSR count). The molecule has 0 aliphatic heterocycles. The fourth-order valence-electron chi connectivity index (χ4n) is 2.71. The van der Waals surface area contributed by atoms with Crippen molar-refractivity contribution in [3.63, 3.8) is 0 Å². The molecule has 0 saturated heterocycles. The molecule has 0 atom stereocenters. The average Bonchev–Trinajstić information content (AvgIpc) is 2.16. The molecule has 1 fully saturated rings. The number of hydrogen-bond acceptors (Lipinski definition) is 1. The van der Waals surface area contributed by atoms with Gasteiger partial charge in [0.1, 0.15) is 0 Å². The van der Waals surface area contributed by atoms with E-state index in [2.05, 4.69) is 26.1 Å². The van der Waals surface area contributed by atoms with Gasteiger partial charge in [-0.3, -0.25) is 0 Å². The normalized spacial score (nSPS) is 19.9. The maximum Gasteiger partial charge on any atom is 0.000250 e. The zero-order valence-corrected chi connectivity index (χ0v) is 10.2. The van der Waals surface area contributed by atoms with Gasteiger partial charge >= 0.3 is 0 Å². The molecule has 1 aliphatic rings. The molecule has 0 radical (unpaired) electrons. The minimum atomic E-state index is 0.498. The standard InChI is InChI=1S/C13H27N/c1-4-14-11-13(2,3)10-12-8-6-5-7-9-12/h12,14H,4-11H2,1-3H3. The molecule has 1 nitrogen and oxygen atoms in total. The summed E-state index contributed by atoms with van der Waals surface area (Å²) in [5.41, 5.74) is 0.498. The van der Waals surface area contributed by atoms with Crippen molar-refractivity contribution in [1.29, 1.82) is 0 Å². The first kappa shape index (κ1) is 12.0. The fourth-order valence-corrected chi connectivity index (χ4v) is 2.71. The topological polar surface area (TPSA) is 12.0 Å². The van der Waals surface area contributed by atoms with Crippen LogP contribution >= 0.6 is 0 Å². The van der Waals surface area contributed by atoms with E-state index in [0.717, 1.165) is 12.5 Å². The quantitative estimate of drug-likeness (QED) is 0.710. The average molecular weight is 197 g/mol. The Morgan fingerprint density at radius 2 is 1.79 bits per heavy atom. The molecule has 1 N–H and O–H groups in total. The van der Waals surface area contributed by atoms with Crippen molar-refractivity contribution in [2.45, 2.75) is 59.3 Å². The molecule has 0 aromatic carbocycles. The summed E-state index contributed by atoms with van der Waals surface area (Å²) >= 11 is 0. The molecule has 0 bridgehead atoms. The van der Waals surface area contributed by atoms with E-state index in [9.17, 15) is 0 Å². The molecule has 0 spiro atoms. The summed E-state index contributed by atoms with van der Waals surface area (Å²) in [4.78, 5) is 0. The van der Waals surface area contributed by atoms with Gasteiger partial charge in [0.15, 0.2) is 0 Å². The Morgan fingerprint density at radius 3 is 2.36 bits per heavy atom. The molecule has 0 aromatic rings. The molecule has 0 unspecified atom stereocenters. The lowest BCUT2D eigenvalue weighted by Gasteiger charge is -2.32. The Hall–Kier alpha value is -0.0400. The van der Waals surface area contributed by atoms with E-state index in [1.165, 1.54) is 45.1 Å². The molecule has 0 heterocycles. The Bertz CT molecular complexity index is 145. The highest BCUT2D eigenvalue weighted by atomic mass is 14.9. The van der Waals surface area contributed by atoms with Gasteiger partial charge in [-0.2, -0.15) is 0 Å². The Balaban J connectivity index is 2.25. The predicted octanol–water partition coefficient (Wildman–Crippen LogP) is 3.59. The lowest BCUT2D eigenvalue weighted by atomic mass is 9.76. The van der Waals surface area contributed by atoms with Crippen LogP contribution in [0.5, 0.6) is 0 Å². The Kier molecular flexibility index (Phi) is 4.94. The van der Waals surface area contributed by atoms with Crippen LogP contribution in [0.2, 0.25) is 0 Å². The Labute approximate surface area is 89.7 Å². The van der Waals surface area contributed by atoms with Gasteiger partial charge in [-0.15, -0.1) is 0 Å². The summed E-state index contributed by atoms with van der Waals surface area (Å²) in [6.45, 7) is 9.29. The highest BCUT2D eigenvalue weighted by Crippen LogP contribution is 2.33. The lowest BCUT2D eigenvalue weighted by molar-refractivity contribution is 0.216. The summed E-state index contributed by atoms with van der Waals surface area (Å²) in [7, 11) is 0. The summed E-state index contributed by atoms with van der Waals surface area (Å²) < 4.78 is 0. The molecular weight excluding hydrogens is 170 g/mol. The highest BCUT2D eigenvalue weighted by Gasteiger charge is 2.23. The van der Waals surface area contributed by atoms with Crippen molar-refractivity contribution in [3.05, 3.63) is 0 Å². The van der Waals surface area contributed by atoms with Crippen molar-refractivity contribution < 1.29 is 0 Å². The second kappa shape index (κ2) is 5.75. The minimum absolute atomic E-state index is 0.498. The van der Waals surface area contributed by atoms with Crippen molar-refractivity contribution in [2.75, 3.05) is 13.1 Å². The van der Waals surface area contributed by atoms with Gasteiger partial charge in [-0.25, -0.2) is 0 Å². The third-order valence-electron chi connectivity index (χ3n) is 3.42. The van der Waals surface area contributed by atoms with Crippen LogP contribution in [0.4, 0.5) is 0 Å². The van der Waals surface area contributed by atoms with E-state index in [1.807, 2.05) is 0 Å². The van der Waals surface area contributed by atoms with E-state index in [4.69, 9.17) is 0 Å². The van der Waals surface area contributed by atoms with Crippen LogP contribution in [0.3, 0.4) is 0 Å². The van der Waals surface area contributed by atoms with Gasteiger partial charge in [0.05, 0.1) is 0 Å². The summed E-state index contributed by atoms with van der Waals surface area (Å²) in [6, 6.07) is 0. The highest BCUT2D eigenvalue weighted by molar-refractivity contribution is 4.77. The second-order valence-corrected chi connectivity index (χ2v) is 5.65. The van der Waals surface area contributed by atoms with Gasteiger partial charge in [0.25, 0.3) is 0 Å². The second-order valence-electron chi connectivity index (χ2n) is 5.65. The molecule has 0 amide bonds. The number of hydrogen-bond donors (Lipinski definition) is 1. The van der Waals surface area contributed by atoms with Gasteiger partial charge in [-0.1, -0.05) is 52.9 Å². The predicted molar refractivity (Wildman–Crippen MR) is 63.5 cm³/mol. The molecule has 1 heteroatoms. The van der Waals surface area contributed by atoms with Gasteiger partial charge < -0.3 is 5.32 Å². The molecule has 1 saturated carbocycles. The van der Waals surface area contributed by atoms with Crippen LogP contribution in [0, 0.1) is 11.3 Å². The third-order valence-corrected chi connectivity index (χ3v) is 3.42. The largest absolute Gasteiger partial charge is 0.316 e. The van der Waals surface area contributed by atoms with Crippen LogP contribution in [0.15, 0.2) is 0 Å². The SMILES string of the molecule is CCNCC(C)(C)CC1CCCCC1. The van der Waals surface area contributed by atoms with Gasteiger partial charge in [0.2, 0.25) is 0 Å². The van der Waals surface area contributed by atoms with Crippen molar-refractivity contribution in [1.82, 2.24) is 5.32 Å². The van der Waals surface area contributed by atoms with Gasteiger partial charge in [0, 0.05) is 6.54 Å². The van der Waals surface area contributed by atoms with E-state index < -0.39 is 0 Å². The van der Waals surface area contributed by atoms with Crippen LogP contribution < -0.4 is 5.32 Å². The van der Waals surface area contributed by atoms with Crippen LogP contribution in [-0.4, -0.2) is 13.1 Å². The first-order chi connectivity index (χ1) is 6.64. The smallest absolute Gasteiger partial charge is 0.000250 e. The summed E-state index contributed by atoms with van der Waals surface area (Å²) in [6.07, 6.45) is 8.80. The molecule has 0 aromatic heterocycles. The Morgan fingerprint density at radius 1 is 1.14 bits per heavy atom. The number of nitrogens with one attached hydrogen (secondary N) is 1. The van der Waals surface area contributed by atoms with E-state index in [0.29, 0.717) is 5.41 Å². The van der Waals surface area contributed by atoms with E-state index in [-0.39, 0.29) is 0 Å². The first-order valence-electron chi connectivity index (χ1n) is 6.35. The van der Waals surface area contributed by atoms with Crippen molar-refractivity contribution in [2.24, 2.45) is 11.3 Å². The molecule has 1 aliphatic carbocycles. The van der Waals surface area contributed by atoms with E-state index >= 15 is 0 Å². The fraction of sp³-hybridized carbons (Fsp3) is 1.00. The van der Waals surface area contributed by atoms with Crippen molar-refractivity contribution in [3.8, 4) is 0 Å². The zero-order valence-electron chi connectivity index (χ0n) is 10.2. The van der Waals surface area contributed by atoms with Gasteiger partial charge in [-0.05, 0) is 24.3 Å². The maximum atomic E-state index is 3.48. The van der Waals surface area contributed by atoms with E-state index in [1.54, 1.807) is 0 Å². The van der Waals surface area contributed by atoms with Crippen LogP contribution in [-0.2, 0) is 0 Å². The van der Waals surface area contributed by atoms with Crippen LogP contribution in [0.25, 0.3) is 0 Å². The molecular formula is C13H27N. The monoisotopic (exact) mass is 197 g/mol. The maximum absolute atomic E-state index is 3.48. The third kappa shape index (κ3) is 4.45. The molecule has 84 valence electrons. The summed E-state index contributed by atoms with van der Waals surface area (Å²) in [5.74, 6) is 1.01. The van der Waals surface area contributed by atoms with Crippen LogP contribution in [0.1, 0.15) is 59.3 Å². The minimum Gasteiger partial charge on any atom is -0.316 e. The number of rotatable bonds is 5. The first-order valence-corrected chi connectivity index (χ1v) is 6.35. The lowest BCUT2D eigenvalue weighted by Crippen LogP contribution is -2.31. The molecule has 14 heavy (non-hydrogen) atoms. The summed E-state index contributed by atoms with van der Waals surface area (Å²) in [5, 5.41) is 3.48. The zero-order chi connectivity index (χ0) is 10.4. The van der Waals surface area contributed by atoms with Crippen molar-refractivity contribution >= 4 is 0 Å².